The third-order valence-corrected chi connectivity index (χ3v) is 2.70. The van der Waals surface area contributed by atoms with E-state index in [1.165, 1.54) is 0 Å². The Morgan fingerprint density at radius 2 is 1.62 bits per heavy atom. The molecule has 2 heteroatoms. The zero-order valence-electron chi connectivity index (χ0n) is 8.68. The highest BCUT2D eigenvalue weighted by Crippen LogP contribution is 2.30. The number of hydrogen-bond donors (Lipinski definition) is 1. The van der Waals surface area contributed by atoms with Gasteiger partial charge in [-0.1, -0.05) is 30.3 Å². The molecule has 1 heterocycles. The van der Waals surface area contributed by atoms with E-state index in [4.69, 9.17) is 10.2 Å². The SMILES string of the molecule is Nc1ccc(-c2coc3ccccc23)cc1. The summed E-state index contributed by atoms with van der Waals surface area (Å²) in [4.78, 5) is 0. The molecule has 3 rings (SSSR count). The van der Waals surface area contributed by atoms with Crippen LogP contribution >= 0.6 is 0 Å². The first-order valence-corrected chi connectivity index (χ1v) is 5.17. The number of fused-ring (bicyclic) bond motifs is 1. The molecule has 0 unspecified atom stereocenters. The van der Waals surface area contributed by atoms with Crippen LogP contribution < -0.4 is 5.73 Å². The first-order chi connectivity index (χ1) is 7.84. The maximum Gasteiger partial charge on any atom is 0.134 e. The Kier molecular flexibility index (Phi) is 1.93. The predicted molar refractivity (Wildman–Crippen MR) is 66.1 cm³/mol. The minimum atomic E-state index is 0.775. The van der Waals surface area contributed by atoms with Gasteiger partial charge in [0, 0.05) is 16.6 Å². The average molecular weight is 209 g/mol. The lowest BCUT2D eigenvalue weighted by atomic mass is 10.0. The lowest BCUT2D eigenvalue weighted by Gasteiger charge is -1.98. The minimum Gasteiger partial charge on any atom is -0.464 e. The van der Waals surface area contributed by atoms with Crippen molar-refractivity contribution in [1.29, 1.82) is 0 Å². The van der Waals surface area contributed by atoms with Crippen molar-refractivity contribution in [2.45, 2.75) is 0 Å². The van der Waals surface area contributed by atoms with Crippen molar-refractivity contribution in [2.75, 3.05) is 5.73 Å². The molecule has 3 aromatic rings. The fourth-order valence-corrected chi connectivity index (χ4v) is 1.86. The highest BCUT2D eigenvalue weighted by atomic mass is 16.3. The van der Waals surface area contributed by atoms with E-state index in [2.05, 4.69) is 6.07 Å². The number of nitrogens with two attached hydrogens (primary N) is 1. The second-order valence-electron chi connectivity index (χ2n) is 3.77. The lowest BCUT2D eigenvalue weighted by Crippen LogP contribution is -1.83. The highest BCUT2D eigenvalue weighted by Gasteiger charge is 2.06. The van der Waals surface area contributed by atoms with Crippen molar-refractivity contribution in [2.24, 2.45) is 0 Å². The van der Waals surface area contributed by atoms with Crippen molar-refractivity contribution in [3.8, 4) is 11.1 Å². The summed E-state index contributed by atoms with van der Waals surface area (Å²) in [6, 6.07) is 15.8. The van der Waals surface area contributed by atoms with E-state index in [9.17, 15) is 0 Å². The third-order valence-electron chi connectivity index (χ3n) is 2.70. The van der Waals surface area contributed by atoms with Gasteiger partial charge in [0.2, 0.25) is 0 Å². The summed E-state index contributed by atoms with van der Waals surface area (Å²) in [7, 11) is 0. The third kappa shape index (κ3) is 1.36. The van der Waals surface area contributed by atoms with E-state index in [1.807, 2.05) is 42.5 Å². The van der Waals surface area contributed by atoms with Gasteiger partial charge in [-0.3, -0.25) is 0 Å². The molecule has 0 aliphatic carbocycles. The molecule has 2 nitrogen and oxygen atoms in total. The summed E-state index contributed by atoms with van der Waals surface area (Å²) < 4.78 is 5.50. The van der Waals surface area contributed by atoms with Crippen LogP contribution in [0.3, 0.4) is 0 Å². The number of hydrogen-bond acceptors (Lipinski definition) is 2. The van der Waals surface area contributed by atoms with Gasteiger partial charge in [0.15, 0.2) is 0 Å². The fraction of sp³-hybridized carbons (Fsp3) is 0. The zero-order valence-corrected chi connectivity index (χ0v) is 8.68. The molecule has 16 heavy (non-hydrogen) atoms. The number of nitrogen functional groups attached to an aromatic ring is 1. The molecule has 0 spiro atoms. The van der Waals surface area contributed by atoms with E-state index >= 15 is 0 Å². The van der Waals surface area contributed by atoms with E-state index in [0.29, 0.717) is 0 Å². The maximum atomic E-state index is 5.67. The van der Waals surface area contributed by atoms with E-state index in [-0.39, 0.29) is 0 Å². The van der Waals surface area contributed by atoms with E-state index in [0.717, 1.165) is 27.8 Å². The van der Waals surface area contributed by atoms with Gasteiger partial charge in [0.25, 0.3) is 0 Å². The van der Waals surface area contributed by atoms with Crippen LogP contribution in [0.1, 0.15) is 0 Å². The largest absolute Gasteiger partial charge is 0.464 e. The van der Waals surface area contributed by atoms with Crippen molar-refractivity contribution in [3.05, 3.63) is 54.8 Å². The molecule has 0 radical (unpaired) electrons. The van der Waals surface area contributed by atoms with Gasteiger partial charge >= 0.3 is 0 Å². The first kappa shape index (κ1) is 9.04. The average Bonchev–Trinajstić information content (AvgIpc) is 2.74. The normalized spacial score (nSPS) is 10.8. The van der Waals surface area contributed by atoms with Crippen LogP contribution in [-0.4, -0.2) is 0 Å². The summed E-state index contributed by atoms with van der Waals surface area (Å²) in [6.45, 7) is 0. The van der Waals surface area contributed by atoms with Gasteiger partial charge in [-0.2, -0.15) is 0 Å². The molecule has 0 fully saturated rings. The smallest absolute Gasteiger partial charge is 0.134 e. The summed E-state index contributed by atoms with van der Waals surface area (Å²) >= 11 is 0. The number of rotatable bonds is 1. The molecular formula is C14H11NO. The standard InChI is InChI=1S/C14H11NO/c15-11-7-5-10(6-8-11)13-9-16-14-4-2-1-3-12(13)14/h1-9H,15H2. The monoisotopic (exact) mass is 209 g/mol. The second-order valence-corrected chi connectivity index (χ2v) is 3.77. The number of furan rings is 1. The Hall–Kier alpha value is -2.22. The van der Waals surface area contributed by atoms with Gasteiger partial charge < -0.3 is 10.2 Å². The van der Waals surface area contributed by atoms with Crippen LogP contribution in [-0.2, 0) is 0 Å². The molecule has 2 aromatic carbocycles. The molecule has 0 bridgehead atoms. The van der Waals surface area contributed by atoms with Gasteiger partial charge in [-0.25, -0.2) is 0 Å². The van der Waals surface area contributed by atoms with Crippen molar-refractivity contribution < 1.29 is 4.42 Å². The Bertz CT molecular complexity index is 623. The molecule has 0 amide bonds. The maximum absolute atomic E-state index is 5.67. The van der Waals surface area contributed by atoms with Crippen LogP contribution in [0.4, 0.5) is 5.69 Å². The Labute approximate surface area is 93.3 Å². The first-order valence-electron chi connectivity index (χ1n) is 5.17. The molecule has 0 saturated carbocycles. The van der Waals surface area contributed by atoms with E-state index < -0.39 is 0 Å². The van der Waals surface area contributed by atoms with Crippen molar-refractivity contribution >= 4 is 16.7 Å². The molecule has 0 aliphatic rings. The zero-order chi connectivity index (χ0) is 11.0. The molecule has 0 atom stereocenters. The van der Waals surface area contributed by atoms with Gasteiger partial charge in [-0.15, -0.1) is 0 Å². The molecule has 1 aromatic heterocycles. The van der Waals surface area contributed by atoms with Crippen LogP contribution in [0, 0.1) is 0 Å². The Morgan fingerprint density at radius 1 is 0.875 bits per heavy atom. The summed E-state index contributed by atoms with van der Waals surface area (Å²) in [6.07, 6.45) is 1.79. The van der Waals surface area contributed by atoms with Crippen LogP contribution in [0.25, 0.3) is 22.1 Å². The second kappa shape index (κ2) is 3.42. The molecule has 2 N–H and O–H groups in total. The van der Waals surface area contributed by atoms with Crippen molar-refractivity contribution in [3.63, 3.8) is 0 Å². The predicted octanol–water partition coefficient (Wildman–Crippen LogP) is 3.68. The Morgan fingerprint density at radius 3 is 2.44 bits per heavy atom. The molecule has 78 valence electrons. The topological polar surface area (TPSA) is 39.2 Å². The molecular weight excluding hydrogens is 198 g/mol. The van der Waals surface area contributed by atoms with Gasteiger partial charge in [0.1, 0.15) is 5.58 Å². The van der Waals surface area contributed by atoms with Crippen molar-refractivity contribution in [1.82, 2.24) is 0 Å². The van der Waals surface area contributed by atoms with Gasteiger partial charge in [-0.05, 0) is 23.8 Å². The lowest BCUT2D eigenvalue weighted by molar-refractivity contribution is 0.617. The Balaban J connectivity index is 2.22. The fourth-order valence-electron chi connectivity index (χ4n) is 1.86. The number of benzene rings is 2. The molecule has 0 saturated heterocycles. The minimum absolute atomic E-state index is 0.775. The highest BCUT2D eigenvalue weighted by molar-refractivity contribution is 5.93. The quantitative estimate of drug-likeness (QED) is 0.621. The number of para-hydroxylation sites is 1. The van der Waals surface area contributed by atoms with Crippen LogP contribution in [0.15, 0.2) is 59.2 Å². The summed E-state index contributed by atoms with van der Waals surface area (Å²) in [5, 5.41) is 1.13. The van der Waals surface area contributed by atoms with Crippen LogP contribution in [0.2, 0.25) is 0 Å². The number of anilines is 1. The van der Waals surface area contributed by atoms with Gasteiger partial charge in [0.05, 0.1) is 6.26 Å². The van der Waals surface area contributed by atoms with Crippen LogP contribution in [0.5, 0.6) is 0 Å². The van der Waals surface area contributed by atoms with E-state index in [1.54, 1.807) is 6.26 Å². The molecule has 0 aliphatic heterocycles. The summed E-state index contributed by atoms with van der Waals surface area (Å²) in [5.41, 5.74) is 9.59. The summed E-state index contributed by atoms with van der Waals surface area (Å²) in [5.74, 6) is 0.